The number of benzene rings is 1. The smallest absolute Gasteiger partial charge is 0.408 e. The van der Waals surface area contributed by atoms with Crippen molar-refractivity contribution in [1.82, 2.24) is 9.71 Å². The number of hydrogen-bond donors (Lipinski definition) is 2. The van der Waals surface area contributed by atoms with E-state index in [1.54, 1.807) is 6.92 Å². The molecule has 2 N–H and O–H groups in total. The maximum atomic E-state index is 12.0. The molecular weight excluding hydrogens is 256 g/mol. The molecule has 0 unspecified atom stereocenters. The van der Waals surface area contributed by atoms with Gasteiger partial charge < -0.3 is 4.42 Å². The van der Waals surface area contributed by atoms with Crippen LogP contribution in [0.25, 0.3) is 11.1 Å². The van der Waals surface area contributed by atoms with Gasteiger partial charge in [0.15, 0.2) is 5.58 Å². The van der Waals surface area contributed by atoms with Crippen LogP contribution in [-0.4, -0.2) is 19.4 Å². The normalized spacial score (nSPS) is 13.9. The monoisotopic (exact) mass is 270 g/mol. The number of aromatic nitrogens is 1. The zero-order valence-corrected chi connectivity index (χ0v) is 10.9. The van der Waals surface area contributed by atoms with Gasteiger partial charge in [0.2, 0.25) is 10.0 Å². The van der Waals surface area contributed by atoms with E-state index < -0.39 is 15.8 Å². The van der Waals surface area contributed by atoms with Gasteiger partial charge in [-0.2, -0.15) is 0 Å². The average molecular weight is 270 g/mol. The maximum absolute atomic E-state index is 12.0. The lowest BCUT2D eigenvalue weighted by molar-refractivity contribution is 0.549. The van der Waals surface area contributed by atoms with E-state index in [0.717, 1.165) is 0 Å². The molecule has 2 rings (SSSR count). The number of sulfonamides is 1. The van der Waals surface area contributed by atoms with E-state index in [1.807, 2.05) is 6.92 Å². The Kier molecular flexibility index (Phi) is 3.27. The highest BCUT2D eigenvalue weighted by atomic mass is 32.2. The summed E-state index contributed by atoms with van der Waals surface area (Å²) in [7, 11) is -3.58. The molecule has 2 aromatic rings. The SMILES string of the molecule is CC[C@H](C)NS(=O)(=O)c1ccc2[nH]c(=O)oc2c1. The van der Waals surface area contributed by atoms with Crippen molar-refractivity contribution in [2.45, 2.75) is 31.2 Å². The largest absolute Gasteiger partial charge is 0.417 e. The molecule has 18 heavy (non-hydrogen) atoms. The molecule has 7 heteroatoms. The number of oxazole rings is 1. The molecule has 1 aromatic heterocycles. The summed E-state index contributed by atoms with van der Waals surface area (Å²) in [4.78, 5) is 13.5. The van der Waals surface area contributed by atoms with E-state index in [9.17, 15) is 13.2 Å². The van der Waals surface area contributed by atoms with Gasteiger partial charge in [0.1, 0.15) is 0 Å². The number of aromatic amines is 1. The molecule has 0 spiro atoms. The summed E-state index contributed by atoms with van der Waals surface area (Å²) in [6.45, 7) is 3.67. The highest BCUT2D eigenvalue weighted by Crippen LogP contribution is 2.16. The molecule has 0 aliphatic rings. The minimum Gasteiger partial charge on any atom is -0.408 e. The first-order chi connectivity index (χ1) is 8.42. The van der Waals surface area contributed by atoms with Gasteiger partial charge in [-0.05, 0) is 25.5 Å². The number of nitrogens with one attached hydrogen (secondary N) is 2. The van der Waals surface area contributed by atoms with E-state index in [-0.39, 0.29) is 16.5 Å². The topological polar surface area (TPSA) is 92.2 Å². The molecule has 0 aliphatic heterocycles. The second kappa shape index (κ2) is 4.58. The Labute approximate surface area is 104 Å². The van der Waals surface area contributed by atoms with Crippen molar-refractivity contribution >= 4 is 21.1 Å². The van der Waals surface area contributed by atoms with Gasteiger partial charge in [0, 0.05) is 12.1 Å². The Morgan fingerprint density at radius 3 is 2.83 bits per heavy atom. The van der Waals surface area contributed by atoms with Crippen molar-refractivity contribution in [3.05, 3.63) is 28.7 Å². The van der Waals surface area contributed by atoms with Crippen LogP contribution in [0.15, 0.2) is 32.3 Å². The summed E-state index contributed by atoms with van der Waals surface area (Å²) in [5, 5.41) is 0. The van der Waals surface area contributed by atoms with E-state index in [4.69, 9.17) is 4.42 Å². The second-order valence-electron chi connectivity index (χ2n) is 4.10. The highest BCUT2D eigenvalue weighted by molar-refractivity contribution is 7.89. The summed E-state index contributed by atoms with van der Waals surface area (Å²) in [6, 6.07) is 4.12. The highest BCUT2D eigenvalue weighted by Gasteiger charge is 2.17. The second-order valence-corrected chi connectivity index (χ2v) is 5.82. The molecule has 0 saturated carbocycles. The van der Waals surface area contributed by atoms with Gasteiger partial charge in [-0.1, -0.05) is 6.92 Å². The van der Waals surface area contributed by atoms with E-state index in [1.165, 1.54) is 18.2 Å². The fraction of sp³-hybridized carbons (Fsp3) is 0.364. The quantitative estimate of drug-likeness (QED) is 0.873. The number of fused-ring (bicyclic) bond motifs is 1. The number of H-pyrrole nitrogens is 1. The van der Waals surface area contributed by atoms with Gasteiger partial charge in [-0.15, -0.1) is 0 Å². The summed E-state index contributed by atoms with van der Waals surface area (Å²) in [5.74, 6) is -0.602. The molecular formula is C11H14N2O4S. The Morgan fingerprint density at radius 2 is 2.17 bits per heavy atom. The molecule has 1 aromatic carbocycles. The van der Waals surface area contributed by atoms with Crippen LogP contribution >= 0.6 is 0 Å². The van der Waals surface area contributed by atoms with Crippen LogP contribution in [0, 0.1) is 0 Å². The van der Waals surface area contributed by atoms with Crippen molar-refractivity contribution in [1.29, 1.82) is 0 Å². The summed E-state index contributed by atoms with van der Waals surface area (Å²) < 4.78 is 31.4. The first kappa shape index (κ1) is 12.8. The fourth-order valence-corrected chi connectivity index (χ4v) is 2.85. The zero-order valence-electron chi connectivity index (χ0n) is 10.1. The Balaban J connectivity index is 2.44. The van der Waals surface area contributed by atoms with Crippen LogP contribution in [0.4, 0.5) is 0 Å². The van der Waals surface area contributed by atoms with E-state index in [0.29, 0.717) is 11.9 Å². The molecule has 0 bridgehead atoms. The van der Waals surface area contributed by atoms with E-state index in [2.05, 4.69) is 9.71 Å². The Hall–Kier alpha value is -1.60. The predicted molar refractivity (Wildman–Crippen MR) is 66.9 cm³/mol. The van der Waals surface area contributed by atoms with Crippen molar-refractivity contribution < 1.29 is 12.8 Å². The Morgan fingerprint density at radius 1 is 1.44 bits per heavy atom. The van der Waals surface area contributed by atoms with Gasteiger partial charge in [0.25, 0.3) is 0 Å². The standard InChI is InChI=1S/C11H14N2O4S/c1-3-7(2)13-18(15,16)8-4-5-9-10(6-8)17-11(14)12-9/h4-7,13H,3H2,1-2H3,(H,12,14)/t7-/m0/s1. The van der Waals surface area contributed by atoms with Crippen LogP contribution in [0.3, 0.4) is 0 Å². The third-order valence-corrected chi connectivity index (χ3v) is 4.26. The third kappa shape index (κ3) is 2.46. The molecule has 1 atom stereocenters. The summed E-state index contributed by atoms with van der Waals surface area (Å²) >= 11 is 0. The van der Waals surface area contributed by atoms with Crippen molar-refractivity contribution in [2.75, 3.05) is 0 Å². The lowest BCUT2D eigenvalue weighted by atomic mass is 10.3. The molecule has 0 amide bonds. The van der Waals surface area contributed by atoms with E-state index >= 15 is 0 Å². The fourth-order valence-electron chi connectivity index (χ4n) is 1.51. The van der Waals surface area contributed by atoms with Crippen LogP contribution in [0.1, 0.15) is 20.3 Å². The molecule has 0 fully saturated rings. The molecule has 98 valence electrons. The van der Waals surface area contributed by atoms with Crippen LogP contribution < -0.4 is 10.5 Å². The van der Waals surface area contributed by atoms with Crippen molar-refractivity contribution in [2.24, 2.45) is 0 Å². The van der Waals surface area contributed by atoms with Crippen molar-refractivity contribution in [3.8, 4) is 0 Å². The molecule has 0 radical (unpaired) electrons. The predicted octanol–water partition coefficient (Wildman–Crippen LogP) is 1.20. The minimum absolute atomic E-state index is 0.0815. The lowest BCUT2D eigenvalue weighted by Crippen LogP contribution is -2.31. The summed E-state index contributed by atoms with van der Waals surface area (Å²) in [5.41, 5.74) is 0.703. The first-order valence-corrected chi connectivity index (χ1v) is 7.06. The third-order valence-electron chi connectivity index (χ3n) is 2.67. The van der Waals surface area contributed by atoms with Crippen molar-refractivity contribution in [3.63, 3.8) is 0 Å². The van der Waals surface area contributed by atoms with Crippen LogP contribution in [-0.2, 0) is 10.0 Å². The Bertz CT molecular complexity index is 714. The average Bonchev–Trinajstić information content (AvgIpc) is 2.67. The van der Waals surface area contributed by atoms with Crippen LogP contribution in [0.2, 0.25) is 0 Å². The number of rotatable bonds is 4. The lowest BCUT2D eigenvalue weighted by Gasteiger charge is -2.11. The molecule has 0 aliphatic carbocycles. The molecule has 1 heterocycles. The maximum Gasteiger partial charge on any atom is 0.417 e. The summed E-state index contributed by atoms with van der Waals surface area (Å²) in [6.07, 6.45) is 0.695. The molecule has 0 saturated heterocycles. The van der Waals surface area contributed by atoms with Crippen LogP contribution in [0.5, 0.6) is 0 Å². The molecule has 6 nitrogen and oxygen atoms in total. The van der Waals surface area contributed by atoms with Gasteiger partial charge >= 0.3 is 5.76 Å². The number of hydrogen-bond acceptors (Lipinski definition) is 4. The first-order valence-electron chi connectivity index (χ1n) is 5.57. The zero-order chi connectivity index (χ0) is 13.3. The van der Waals surface area contributed by atoms with Gasteiger partial charge in [0.05, 0.1) is 10.4 Å². The van der Waals surface area contributed by atoms with Gasteiger partial charge in [-0.25, -0.2) is 17.9 Å². The minimum atomic E-state index is -3.58. The van der Waals surface area contributed by atoms with Gasteiger partial charge in [-0.3, -0.25) is 4.98 Å².